The van der Waals surface area contributed by atoms with Crippen LogP contribution in [0, 0.1) is 5.92 Å². The Kier molecular flexibility index (Phi) is 5.85. The zero-order valence-electron chi connectivity index (χ0n) is 17.6. The Morgan fingerprint density at radius 2 is 2.00 bits per heavy atom. The predicted octanol–water partition coefficient (Wildman–Crippen LogP) is 2.01. The highest BCUT2D eigenvalue weighted by Crippen LogP contribution is 2.28. The van der Waals surface area contributed by atoms with Crippen molar-refractivity contribution in [2.45, 2.75) is 45.7 Å². The van der Waals surface area contributed by atoms with Crippen molar-refractivity contribution < 1.29 is 14.7 Å². The highest BCUT2D eigenvalue weighted by atomic mass is 16.4. The molecular formula is C22H29N5O3. The Bertz CT molecular complexity index is 939. The maximum absolute atomic E-state index is 12.3. The lowest BCUT2D eigenvalue weighted by molar-refractivity contribution is -0.133. The molecule has 0 aliphatic carbocycles. The Balaban J connectivity index is 1.42. The van der Waals surface area contributed by atoms with Crippen molar-refractivity contribution in [3.05, 3.63) is 47.0 Å². The van der Waals surface area contributed by atoms with Gasteiger partial charge in [0.2, 0.25) is 5.91 Å². The summed E-state index contributed by atoms with van der Waals surface area (Å²) in [5.41, 5.74) is 1.33. The minimum atomic E-state index is -0.898. The molecule has 8 heteroatoms. The fourth-order valence-corrected chi connectivity index (χ4v) is 4.45. The quantitative estimate of drug-likeness (QED) is 0.809. The molecule has 0 radical (unpaired) electrons. The second kappa shape index (κ2) is 8.55. The van der Waals surface area contributed by atoms with E-state index in [1.54, 1.807) is 18.2 Å². The van der Waals surface area contributed by atoms with Crippen molar-refractivity contribution in [2.75, 3.05) is 26.2 Å². The number of rotatable bonds is 5. The summed E-state index contributed by atoms with van der Waals surface area (Å²) >= 11 is 0. The average Bonchev–Trinajstić information content (AvgIpc) is 3.32. The summed E-state index contributed by atoms with van der Waals surface area (Å²) in [6.07, 6.45) is 1.75. The van der Waals surface area contributed by atoms with E-state index in [1.807, 2.05) is 24.8 Å². The van der Waals surface area contributed by atoms with E-state index in [9.17, 15) is 14.7 Å². The molecule has 1 unspecified atom stereocenters. The summed E-state index contributed by atoms with van der Waals surface area (Å²) < 4.78 is 2.24. The van der Waals surface area contributed by atoms with Crippen LogP contribution in [0.15, 0.2) is 24.3 Å². The van der Waals surface area contributed by atoms with E-state index in [0.29, 0.717) is 5.56 Å². The average molecular weight is 412 g/mol. The van der Waals surface area contributed by atoms with Gasteiger partial charge >= 0.3 is 5.97 Å². The number of aromatic nitrogens is 3. The van der Waals surface area contributed by atoms with Crippen LogP contribution in [-0.4, -0.2) is 67.7 Å². The molecule has 160 valence electrons. The molecule has 2 aromatic rings. The Morgan fingerprint density at radius 3 is 2.77 bits per heavy atom. The molecule has 30 heavy (non-hydrogen) atoms. The minimum absolute atomic E-state index is 0.0208. The molecule has 0 saturated carbocycles. The van der Waals surface area contributed by atoms with Crippen LogP contribution in [0.1, 0.15) is 53.8 Å². The molecule has 1 atom stereocenters. The van der Waals surface area contributed by atoms with Gasteiger partial charge in [-0.2, -0.15) is 0 Å². The zero-order valence-corrected chi connectivity index (χ0v) is 17.6. The third kappa shape index (κ3) is 4.23. The number of nitrogens with zero attached hydrogens (tertiary/aromatic N) is 5. The predicted molar refractivity (Wildman–Crippen MR) is 111 cm³/mol. The summed E-state index contributed by atoms with van der Waals surface area (Å²) in [4.78, 5) is 27.8. The molecular weight excluding hydrogens is 382 g/mol. The first-order chi connectivity index (χ1) is 14.4. The number of carboxylic acids is 1. The summed E-state index contributed by atoms with van der Waals surface area (Å²) in [6.45, 7) is 8.64. The van der Waals surface area contributed by atoms with Gasteiger partial charge in [-0.3, -0.25) is 9.69 Å². The summed E-state index contributed by atoms with van der Waals surface area (Å²) in [5.74, 6) is 1.58. The van der Waals surface area contributed by atoms with Gasteiger partial charge in [-0.05, 0) is 24.1 Å². The van der Waals surface area contributed by atoms with Crippen molar-refractivity contribution in [1.82, 2.24) is 24.6 Å². The summed E-state index contributed by atoms with van der Waals surface area (Å²) in [5, 5.41) is 18.2. The van der Waals surface area contributed by atoms with Gasteiger partial charge in [-0.1, -0.05) is 26.0 Å². The van der Waals surface area contributed by atoms with Crippen LogP contribution in [0.2, 0.25) is 0 Å². The van der Waals surface area contributed by atoms with Crippen molar-refractivity contribution in [1.29, 1.82) is 0 Å². The molecule has 1 fully saturated rings. The molecule has 1 aromatic heterocycles. The Labute approximate surface area is 176 Å². The number of carboxylic acid groups (broad SMARTS) is 1. The largest absolute Gasteiger partial charge is 0.478 e. The lowest BCUT2D eigenvalue weighted by Crippen LogP contribution is -2.32. The number of hydrogen-bond acceptors (Lipinski definition) is 5. The van der Waals surface area contributed by atoms with Gasteiger partial charge in [0.05, 0.1) is 5.56 Å². The molecule has 1 amide bonds. The summed E-state index contributed by atoms with van der Waals surface area (Å²) in [6, 6.07) is 7.14. The lowest BCUT2D eigenvalue weighted by Gasteiger charge is -2.20. The van der Waals surface area contributed by atoms with E-state index in [4.69, 9.17) is 0 Å². The number of likely N-dealkylation sites (tertiary alicyclic amines) is 1. The standard InChI is InChI=1S/C22H29N5O3/c1-15(2)21(28)26-9-6-18(14-26)20-24-23-19-7-8-25(10-11-27(19)20)13-16-4-3-5-17(12-16)22(29)30/h3-5,12,15,18H,6-11,13-14H2,1-2H3,(H,29,30). The molecule has 2 aliphatic heterocycles. The number of fused-ring (bicyclic) bond motifs is 1. The number of amides is 1. The number of hydrogen-bond donors (Lipinski definition) is 1. The van der Waals surface area contributed by atoms with Crippen molar-refractivity contribution in [3.63, 3.8) is 0 Å². The topological polar surface area (TPSA) is 91.6 Å². The molecule has 1 aromatic carbocycles. The number of aromatic carboxylic acids is 1. The highest BCUT2D eigenvalue weighted by Gasteiger charge is 2.32. The van der Waals surface area contributed by atoms with Gasteiger partial charge in [-0.15, -0.1) is 10.2 Å². The third-order valence-corrected chi connectivity index (χ3v) is 6.09. The fourth-order valence-electron chi connectivity index (χ4n) is 4.45. The van der Waals surface area contributed by atoms with Gasteiger partial charge < -0.3 is 14.6 Å². The van der Waals surface area contributed by atoms with E-state index >= 15 is 0 Å². The number of carbonyl (C=O) groups is 2. The summed E-state index contributed by atoms with van der Waals surface area (Å²) in [7, 11) is 0. The molecule has 0 spiro atoms. The first-order valence-corrected chi connectivity index (χ1v) is 10.7. The molecule has 1 N–H and O–H groups in total. The lowest BCUT2D eigenvalue weighted by atomic mass is 10.1. The fraction of sp³-hybridized carbons (Fsp3) is 0.545. The van der Waals surface area contributed by atoms with Crippen LogP contribution in [-0.2, 0) is 24.3 Å². The zero-order chi connectivity index (χ0) is 21.3. The normalized spacial score (nSPS) is 19.7. The van der Waals surface area contributed by atoms with Crippen LogP contribution in [0.3, 0.4) is 0 Å². The first-order valence-electron chi connectivity index (χ1n) is 10.7. The van der Waals surface area contributed by atoms with Gasteiger partial charge in [-0.25, -0.2) is 4.79 Å². The van der Waals surface area contributed by atoms with Crippen LogP contribution in [0.4, 0.5) is 0 Å². The van der Waals surface area contributed by atoms with E-state index in [2.05, 4.69) is 19.7 Å². The van der Waals surface area contributed by atoms with E-state index in [1.165, 1.54) is 0 Å². The minimum Gasteiger partial charge on any atom is -0.478 e. The van der Waals surface area contributed by atoms with Gasteiger partial charge in [0.1, 0.15) is 11.6 Å². The van der Waals surface area contributed by atoms with Crippen molar-refractivity contribution >= 4 is 11.9 Å². The number of benzene rings is 1. The molecule has 4 rings (SSSR count). The monoisotopic (exact) mass is 411 g/mol. The van der Waals surface area contributed by atoms with E-state index in [-0.39, 0.29) is 17.7 Å². The highest BCUT2D eigenvalue weighted by molar-refractivity contribution is 5.87. The maximum atomic E-state index is 12.3. The smallest absolute Gasteiger partial charge is 0.335 e. The van der Waals surface area contributed by atoms with Gasteiger partial charge in [0.25, 0.3) is 0 Å². The molecule has 0 bridgehead atoms. The molecule has 1 saturated heterocycles. The maximum Gasteiger partial charge on any atom is 0.335 e. The Morgan fingerprint density at radius 1 is 1.17 bits per heavy atom. The van der Waals surface area contributed by atoms with Crippen LogP contribution < -0.4 is 0 Å². The van der Waals surface area contributed by atoms with E-state index in [0.717, 1.165) is 69.3 Å². The first kappa shape index (κ1) is 20.5. The van der Waals surface area contributed by atoms with Crippen LogP contribution in [0.25, 0.3) is 0 Å². The van der Waals surface area contributed by atoms with Crippen LogP contribution >= 0.6 is 0 Å². The molecule has 8 nitrogen and oxygen atoms in total. The molecule has 2 aliphatic rings. The number of carbonyl (C=O) groups excluding carboxylic acids is 1. The second-order valence-electron chi connectivity index (χ2n) is 8.58. The van der Waals surface area contributed by atoms with Crippen LogP contribution in [0.5, 0.6) is 0 Å². The third-order valence-electron chi connectivity index (χ3n) is 6.09. The van der Waals surface area contributed by atoms with Gasteiger partial charge in [0.15, 0.2) is 0 Å². The Hall–Kier alpha value is -2.74. The van der Waals surface area contributed by atoms with E-state index < -0.39 is 5.97 Å². The van der Waals surface area contributed by atoms with Gasteiger partial charge in [0, 0.05) is 57.5 Å². The second-order valence-corrected chi connectivity index (χ2v) is 8.58. The SMILES string of the molecule is CC(C)C(=O)N1CCC(c2nnc3n2CCN(Cc2cccc(C(=O)O)c2)CC3)C1. The van der Waals surface area contributed by atoms with Crippen molar-refractivity contribution in [3.8, 4) is 0 Å². The molecule has 3 heterocycles. The van der Waals surface area contributed by atoms with Crippen molar-refractivity contribution in [2.24, 2.45) is 5.92 Å².